The molecule has 0 bridgehead atoms. The summed E-state index contributed by atoms with van der Waals surface area (Å²) in [7, 11) is 0. The number of nitrogens with zero attached hydrogens (tertiary/aromatic N) is 1. The van der Waals surface area contributed by atoms with Gasteiger partial charge in [0.2, 0.25) is 0 Å². The Morgan fingerprint density at radius 2 is 1.50 bits per heavy atom. The number of fused-ring (bicyclic) bond motifs is 2. The van der Waals surface area contributed by atoms with Gasteiger partial charge < -0.3 is 4.98 Å². The normalized spacial score (nSPS) is 10.2. The maximum absolute atomic E-state index is 12.1. The van der Waals surface area contributed by atoms with Crippen LogP contribution in [0.2, 0.25) is 0 Å². The lowest BCUT2D eigenvalue weighted by Gasteiger charge is -2.01. The van der Waals surface area contributed by atoms with E-state index in [-0.39, 0.29) is 5.43 Å². The van der Waals surface area contributed by atoms with Gasteiger partial charge in [-0.05, 0) is 24.3 Å². The molecule has 0 fully saturated rings. The van der Waals surface area contributed by atoms with Gasteiger partial charge in [-0.2, -0.15) is 0 Å². The monoisotopic (exact) mass is 280 g/mol. The molecule has 2 aromatic carbocycles. The van der Waals surface area contributed by atoms with Crippen LogP contribution in [0, 0.1) is 0 Å². The van der Waals surface area contributed by atoms with E-state index in [1.54, 1.807) is 23.0 Å². The minimum Gasteiger partial charge on any atom is -0.354 e. The number of para-hydroxylation sites is 2. The van der Waals surface area contributed by atoms with Gasteiger partial charge in [-0.1, -0.05) is 24.3 Å². The highest BCUT2D eigenvalue weighted by Gasteiger charge is 2.02. The lowest BCUT2D eigenvalue weighted by molar-refractivity contribution is 1.43. The Labute approximate surface area is 119 Å². The molecule has 0 aliphatic carbocycles. The molecule has 2 heterocycles. The molecule has 0 aliphatic heterocycles. The van der Waals surface area contributed by atoms with Crippen molar-refractivity contribution in [1.82, 2.24) is 9.97 Å². The van der Waals surface area contributed by atoms with Gasteiger partial charge >= 0.3 is 0 Å². The van der Waals surface area contributed by atoms with Crippen molar-refractivity contribution in [3.8, 4) is 0 Å². The van der Waals surface area contributed by atoms with Crippen LogP contribution in [0.25, 0.3) is 21.8 Å². The van der Waals surface area contributed by atoms with E-state index in [9.17, 15) is 4.79 Å². The smallest absolute Gasteiger partial charge is 0.197 e. The predicted octanol–water partition coefficient (Wildman–Crippen LogP) is 3.82. The average Bonchev–Trinajstić information content (AvgIpc) is 3.07. The Bertz CT molecular complexity index is 807. The molecule has 0 amide bonds. The minimum atomic E-state index is 0.0972. The fourth-order valence-electron chi connectivity index (χ4n) is 2.05. The van der Waals surface area contributed by atoms with Gasteiger partial charge in [0.1, 0.15) is 0 Å². The third-order valence-electron chi connectivity index (χ3n) is 2.96. The van der Waals surface area contributed by atoms with Crippen LogP contribution in [0.3, 0.4) is 0 Å². The van der Waals surface area contributed by atoms with Crippen molar-refractivity contribution in [2.45, 2.75) is 0 Å². The van der Waals surface area contributed by atoms with Gasteiger partial charge in [0.05, 0.1) is 5.51 Å². The fraction of sp³-hybridized carbons (Fsp3) is 0. The quantitative estimate of drug-likeness (QED) is 0.498. The number of nitrogens with one attached hydrogen (secondary N) is 1. The van der Waals surface area contributed by atoms with Crippen molar-refractivity contribution < 1.29 is 0 Å². The molecule has 0 radical (unpaired) electrons. The minimum absolute atomic E-state index is 0.0972. The molecule has 3 nitrogen and oxygen atoms in total. The van der Waals surface area contributed by atoms with Gasteiger partial charge in [-0.15, -0.1) is 11.3 Å². The molecule has 0 aliphatic rings. The van der Waals surface area contributed by atoms with Gasteiger partial charge in [-0.25, -0.2) is 0 Å². The van der Waals surface area contributed by atoms with Crippen LogP contribution in [-0.2, 0) is 0 Å². The summed E-state index contributed by atoms with van der Waals surface area (Å²) in [5, 5.41) is 3.42. The summed E-state index contributed by atoms with van der Waals surface area (Å²) >= 11 is 1.60. The molecular weight excluding hydrogens is 268 g/mol. The third-order valence-corrected chi connectivity index (χ3v) is 3.48. The second-order valence-corrected chi connectivity index (χ2v) is 4.98. The molecule has 4 rings (SSSR count). The van der Waals surface area contributed by atoms with Crippen LogP contribution < -0.4 is 5.43 Å². The molecule has 0 saturated heterocycles. The van der Waals surface area contributed by atoms with Crippen molar-refractivity contribution in [2.75, 3.05) is 0 Å². The number of hydrogen-bond donors (Lipinski definition) is 1. The molecule has 1 N–H and O–H groups in total. The van der Waals surface area contributed by atoms with Crippen molar-refractivity contribution in [2.24, 2.45) is 0 Å². The Morgan fingerprint density at radius 1 is 0.900 bits per heavy atom. The molecule has 0 saturated carbocycles. The van der Waals surface area contributed by atoms with Crippen LogP contribution in [0.5, 0.6) is 0 Å². The Balaban J connectivity index is 0.000000205. The highest BCUT2D eigenvalue weighted by Crippen LogP contribution is 2.13. The Hall–Kier alpha value is -2.46. The summed E-state index contributed by atoms with van der Waals surface area (Å²) in [6.07, 6.45) is 1.77. The number of thiazole rings is 1. The second kappa shape index (κ2) is 5.67. The SMILES string of the molecule is O=c1c2ccccc2[nH]c2ccccc12.c1cscn1. The zero-order chi connectivity index (χ0) is 13.8. The van der Waals surface area contributed by atoms with E-state index in [1.165, 1.54) is 0 Å². The zero-order valence-corrected chi connectivity index (χ0v) is 11.4. The van der Waals surface area contributed by atoms with E-state index in [4.69, 9.17) is 0 Å². The molecule has 20 heavy (non-hydrogen) atoms. The second-order valence-electron chi connectivity index (χ2n) is 4.22. The molecule has 2 aromatic heterocycles. The predicted molar refractivity (Wildman–Crippen MR) is 84.2 cm³/mol. The topological polar surface area (TPSA) is 45.8 Å². The van der Waals surface area contributed by atoms with Gasteiger partial charge in [0, 0.05) is 33.4 Å². The summed E-state index contributed by atoms with van der Waals surface area (Å²) in [5.41, 5.74) is 3.67. The number of benzene rings is 2. The first-order valence-corrected chi connectivity index (χ1v) is 7.12. The summed E-state index contributed by atoms with van der Waals surface area (Å²) in [5.74, 6) is 0. The van der Waals surface area contributed by atoms with Crippen LogP contribution >= 0.6 is 11.3 Å². The van der Waals surface area contributed by atoms with Crippen molar-refractivity contribution >= 4 is 33.1 Å². The molecule has 98 valence electrons. The summed E-state index contributed by atoms with van der Waals surface area (Å²) in [4.78, 5) is 19.1. The Kier molecular flexibility index (Phi) is 3.56. The summed E-state index contributed by atoms with van der Waals surface area (Å²) in [6, 6.07) is 15.1. The van der Waals surface area contributed by atoms with E-state index < -0.39 is 0 Å². The number of H-pyrrole nitrogens is 1. The standard InChI is InChI=1S/C13H9NO.C3H3NS/c15-13-9-5-1-3-7-11(9)14-12-8-4-2-6-10(12)13;1-2-5-3-4-1/h1-8H,(H,14,15);1-3H. The van der Waals surface area contributed by atoms with Gasteiger partial charge in [0.25, 0.3) is 0 Å². The lowest BCUT2D eigenvalue weighted by Crippen LogP contribution is -2.03. The van der Waals surface area contributed by atoms with E-state index in [0.29, 0.717) is 0 Å². The average molecular weight is 280 g/mol. The first kappa shape index (κ1) is 12.6. The maximum atomic E-state index is 12.1. The molecular formula is C16H12N2OS. The summed E-state index contributed by atoms with van der Waals surface area (Å²) < 4.78 is 0. The Morgan fingerprint density at radius 3 is 1.95 bits per heavy atom. The van der Waals surface area contributed by atoms with E-state index in [2.05, 4.69) is 9.97 Å². The van der Waals surface area contributed by atoms with Gasteiger partial charge in [0.15, 0.2) is 5.43 Å². The third kappa shape index (κ3) is 2.46. The number of pyridine rings is 1. The first-order chi connectivity index (χ1) is 9.86. The van der Waals surface area contributed by atoms with Crippen LogP contribution in [0.15, 0.2) is 70.4 Å². The number of hydrogen-bond acceptors (Lipinski definition) is 3. The molecule has 4 aromatic rings. The molecule has 4 heteroatoms. The van der Waals surface area contributed by atoms with Crippen molar-refractivity contribution in [1.29, 1.82) is 0 Å². The largest absolute Gasteiger partial charge is 0.354 e. The highest BCUT2D eigenvalue weighted by molar-refractivity contribution is 7.07. The number of rotatable bonds is 0. The fourth-order valence-corrected chi connectivity index (χ4v) is 2.40. The number of aromatic amines is 1. The summed E-state index contributed by atoms with van der Waals surface area (Å²) in [6.45, 7) is 0. The highest BCUT2D eigenvalue weighted by atomic mass is 32.1. The van der Waals surface area contributed by atoms with Crippen LogP contribution in [0.4, 0.5) is 0 Å². The number of aromatic nitrogens is 2. The van der Waals surface area contributed by atoms with Crippen LogP contribution in [0.1, 0.15) is 0 Å². The van der Waals surface area contributed by atoms with Crippen LogP contribution in [-0.4, -0.2) is 9.97 Å². The van der Waals surface area contributed by atoms with Crippen molar-refractivity contribution in [3.05, 3.63) is 75.8 Å². The van der Waals surface area contributed by atoms with E-state index in [1.807, 2.05) is 53.9 Å². The van der Waals surface area contributed by atoms with E-state index >= 15 is 0 Å². The van der Waals surface area contributed by atoms with Gasteiger partial charge in [-0.3, -0.25) is 9.78 Å². The van der Waals surface area contributed by atoms with Crippen molar-refractivity contribution in [3.63, 3.8) is 0 Å². The first-order valence-electron chi connectivity index (χ1n) is 6.18. The molecule has 0 spiro atoms. The van der Waals surface area contributed by atoms with E-state index in [0.717, 1.165) is 21.8 Å². The maximum Gasteiger partial charge on any atom is 0.197 e. The molecule has 0 unspecified atom stereocenters. The molecule has 0 atom stereocenters. The lowest BCUT2D eigenvalue weighted by atomic mass is 10.1. The zero-order valence-electron chi connectivity index (χ0n) is 10.6.